The Morgan fingerprint density at radius 2 is 2.11 bits per heavy atom. The monoisotopic (exact) mass is 384 g/mol. The highest BCUT2D eigenvalue weighted by molar-refractivity contribution is 5.76. The normalized spacial score (nSPS) is 24.6. The van der Waals surface area contributed by atoms with Gasteiger partial charge in [-0.3, -0.25) is 14.5 Å². The summed E-state index contributed by atoms with van der Waals surface area (Å²) >= 11 is 0. The molecule has 3 atom stereocenters. The number of hydrogen-bond donors (Lipinski definition) is 3. The minimum atomic E-state index is -0.833. The van der Waals surface area contributed by atoms with Crippen molar-refractivity contribution in [3.05, 3.63) is 5.82 Å². The molecule has 11 heteroatoms. The average Bonchev–Trinajstić information content (AvgIpc) is 3.17. The zero-order valence-electron chi connectivity index (χ0n) is 15.7. The number of aromatic nitrogens is 4. The lowest BCUT2D eigenvalue weighted by Crippen LogP contribution is -2.46. The van der Waals surface area contributed by atoms with Gasteiger partial charge >= 0.3 is 0 Å². The van der Waals surface area contributed by atoms with Gasteiger partial charge in [0.05, 0.1) is 19.3 Å². The van der Waals surface area contributed by atoms with Crippen LogP contribution >= 0.6 is 0 Å². The van der Waals surface area contributed by atoms with Crippen LogP contribution in [-0.2, 0) is 20.9 Å². The van der Waals surface area contributed by atoms with Gasteiger partial charge in [-0.15, -0.1) is 5.10 Å². The fraction of sp³-hybridized carbons (Fsp3) is 0.812. The second-order valence-corrected chi connectivity index (χ2v) is 6.79. The van der Waals surface area contributed by atoms with Crippen LogP contribution in [-0.4, -0.2) is 91.7 Å². The minimum absolute atomic E-state index is 0.0255. The molecule has 2 saturated heterocycles. The first-order valence-corrected chi connectivity index (χ1v) is 9.07. The summed E-state index contributed by atoms with van der Waals surface area (Å²) in [7, 11) is 0. The van der Waals surface area contributed by atoms with Crippen molar-refractivity contribution in [3.63, 3.8) is 0 Å². The number of carboxylic acids is 1. The molecule has 3 rings (SSSR count). The van der Waals surface area contributed by atoms with Crippen LogP contribution in [0.3, 0.4) is 0 Å². The number of ether oxygens (including phenoxy) is 1. The summed E-state index contributed by atoms with van der Waals surface area (Å²) in [4.78, 5) is 23.5. The molecule has 27 heavy (non-hydrogen) atoms. The summed E-state index contributed by atoms with van der Waals surface area (Å²) in [6, 6.07) is 0.538. The summed E-state index contributed by atoms with van der Waals surface area (Å²) in [6.07, 6.45) is 2.07. The summed E-state index contributed by atoms with van der Waals surface area (Å²) in [5, 5.41) is 30.7. The van der Waals surface area contributed by atoms with Crippen LogP contribution in [0.25, 0.3) is 0 Å². The van der Waals surface area contributed by atoms with E-state index in [-0.39, 0.29) is 24.7 Å². The molecule has 2 aliphatic rings. The molecular formula is C16H28N6O5. The molecule has 0 bridgehead atoms. The standard InChI is InChI=1S/C14H24N6O3.C2H4O2/c1-10-16-17-18-20(10)4-2-14(22)15-11-6-12-9-23-13(3-5-21)8-19(12)7-11;1-2(3)4/h11-13,21H,2-9H2,1H3,(H,15,22);1H3,(H,3,4)/t11-,12-,13-;/m0./s1. The van der Waals surface area contributed by atoms with Crippen molar-refractivity contribution < 1.29 is 24.5 Å². The van der Waals surface area contributed by atoms with Crippen molar-refractivity contribution in [2.45, 2.75) is 57.8 Å². The third-order valence-corrected chi connectivity index (χ3v) is 4.57. The van der Waals surface area contributed by atoms with Gasteiger partial charge in [0.1, 0.15) is 5.82 Å². The first-order chi connectivity index (χ1) is 12.9. The van der Waals surface area contributed by atoms with Gasteiger partial charge in [-0.2, -0.15) is 0 Å². The smallest absolute Gasteiger partial charge is 0.300 e. The van der Waals surface area contributed by atoms with Crippen molar-refractivity contribution in [2.75, 3.05) is 26.3 Å². The first-order valence-electron chi connectivity index (χ1n) is 9.07. The lowest BCUT2D eigenvalue weighted by Gasteiger charge is -2.34. The molecule has 0 aliphatic carbocycles. The summed E-state index contributed by atoms with van der Waals surface area (Å²) < 4.78 is 7.39. The molecular weight excluding hydrogens is 356 g/mol. The van der Waals surface area contributed by atoms with E-state index in [1.54, 1.807) is 4.68 Å². The number of morpholine rings is 1. The number of rotatable bonds is 6. The zero-order valence-corrected chi connectivity index (χ0v) is 15.7. The minimum Gasteiger partial charge on any atom is -0.481 e. The highest BCUT2D eigenvalue weighted by Gasteiger charge is 2.37. The molecule has 152 valence electrons. The van der Waals surface area contributed by atoms with Crippen LogP contribution in [0.2, 0.25) is 0 Å². The molecule has 0 aromatic carbocycles. The number of fused-ring (bicyclic) bond motifs is 1. The number of amides is 1. The number of aliphatic hydroxyl groups excluding tert-OH is 1. The maximum Gasteiger partial charge on any atom is 0.300 e. The SMILES string of the molecule is CC(=O)O.Cc1nnnn1CCC(=O)N[C@H]1C[C@H]2CO[C@@H](CCO)CN2C1. The maximum absolute atomic E-state index is 12.1. The van der Waals surface area contributed by atoms with E-state index in [2.05, 4.69) is 25.7 Å². The van der Waals surface area contributed by atoms with Gasteiger partial charge in [0.15, 0.2) is 0 Å². The molecule has 3 N–H and O–H groups in total. The topological polar surface area (TPSA) is 143 Å². The number of hydrogen-bond acceptors (Lipinski definition) is 8. The Hall–Kier alpha value is -2.11. The Bertz CT molecular complexity index is 620. The molecule has 0 spiro atoms. The van der Waals surface area contributed by atoms with Gasteiger partial charge in [0.2, 0.25) is 5.91 Å². The van der Waals surface area contributed by atoms with Crippen molar-refractivity contribution in [1.29, 1.82) is 0 Å². The highest BCUT2D eigenvalue weighted by Crippen LogP contribution is 2.24. The highest BCUT2D eigenvalue weighted by atomic mass is 16.5. The largest absolute Gasteiger partial charge is 0.481 e. The number of nitrogens with zero attached hydrogens (tertiary/aromatic N) is 5. The van der Waals surface area contributed by atoms with Crippen LogP contribution in [0.15, 0.2) is 0 Å². The van der Waals surface area contributed by atoms with Gasteiger partial charge in [0.25, 0.3) is 5.97 Å². The number of tetrazole rings is 1. The van der Waals surface area contributed by atoms with Gasteiger partial charge in [-0.25, -0.2) is 4.68 Å². The molecule has 0 saturated carbocycles. The van der Waals surface area contributed by atoms with E-state index in [0.717, 1.165) is 26.4 Å². The maximum atomic E-state index is 12.1. The average molecular weight is 384 g/mol. The Morgan fingerprint density at radius 1 is 1.37 bits per heavy atom. The molecule has 1 amide bonds. The van der Waals surface area contributed by atoms with Crippen LogP contribution in [0.5, 0.6) is 0 Å². The van der Waals surface area contributed by atoms with Gasteiger partial charge in [-0.05, 0) is 30.2 Å². The molecule has 0 unspecified atom stereocenters. The molecule has 2 aliphatic heterocycles. The zero-order chi connectivity index (χ0) is 19.8. The lowest BCUT2D eigenvalue weighted by molar-refractivity contribution is -0.134. The molecule has 3 heterocycles. The Balaban J connectivity index is 0.000000596. The van der Waals surface area contributed by atoms with E-state index in [1.165, 1.54) is 0 Å². The number of carbonyl (C=O) groups excluding carboxylic acids is 1. The van der Waals surface area contributed by atoms with E-state index in [1.807, 2.05) is 6.92 Å². The van der Waals surface area contributed by atoms with E-state index >= 15 is 0 Å². The van der Waals surface area contributed by atoms with Crippen molar-refractivity contribution in [1.82, 2.24) is 30.4 Å². The summed E-state index contributed by atoms with van der Waals surface area (Å²) in [6.45, 7) is 5.91. The van der Waals surface area contributed by atoms with Gasteiger partial charge in [-0.1, -0.05) is 0 Å². The molecule has 1 aromatic heterocycles. The van der Waals surface area contributed by atoms with E-state index < -0.39 is 5.97 Å². The first kappa shape index (κ1) is 21.2. The number of carbonyl (C=O) groups is 2. The second kappa shape index (κ2) is 10.3. The summed E-state index contributed by atoms with van der Waals surface area (Å²) in [5.74, 6) is -0.0968. The Kier molecular flexibility index (Phi) is 8.07. The Labute approximate surface area is 157 Å². The third-order valence-electron chi connectivity index (χ3n) is 4.57. The molecule has 0 radical (unpaired) electrons. The number of aryl methyl sites for hydroxylation is 2. The molecule has 2 fully saturated rings. The van der Waals surface area contributed by atoms with Crippen molar-refractivity contribution in [3.8, 4) is 0 Å². The lowest BCUT2D eigenvalue weighted by atomic mass is 10.1. The number of aliphatic hydroxyl groups is 1. The fourth-order valence-corrected chi connectivity index (χ4v) is 3.33. The van der Waals surface area contributed by atoms with Crippen LogP contribution in [0.1, 0.15) is 32.0 Å². The second-order valence-electron chi connectivity index (χ2n) is 6.79. The van der Waals surface area contributed by atoms with Crippen molar-refractivity contribution >= 4 is 11.9 Å². The van der Waals surface area contributed by atoms with E-state index in [4.69, 9.17) is 19.7 Å². The number of carboxylic acid groups (broad SMARTS) is 1. The summed E-state index contributed by atoms with van der Waals surface area (Å²) in [5.41, 5.74) is 0. The van der Waals surface area contributed by atoms with Crippen LogP contribution < -0.4 is 5.32 Å². The predicted octanol–water partition coefficient (Wildman–Crippen LogP) is -1.20. The van der Waals surface area contributed by atoms with E-state index in [0.29, 0.717) is 37.9 Å². The van der Waals surface area contributed by atoms with Gasteiger partial charge in [0, 0.05) is 45.1 Å². The number of aliphatic carboxylic acids is 1. The van der Waals surface area contributed by atoms with Crippen molar-refractivity contribution in [2.24, 2.45) is 0 Å². The predicted molar refractivity (Wildman–Crippen MR) is 93.8 cm³/mol. The fourth-order valence-electron chi connectivity index (χ4n) is 3.33. The van der Waals surface area contributed by atoms with Gasteiger partial charge < -0.3 is 20.3 Å². The Morgan fingerprint density at radius 3 is 2.74 bits per heavy atom. The van der Waals surface area contributed by atoms with Crippen LogP contribution in [0, 0.1) is 6.92 Å². The number of nitrogens with one attached hydrogen (secondary N) is 1. The quantitative estimate of drug-likeness (QED) is 0.551. The van der Waals surface area contributed by atoms with Crippen LogP contribution in [0.4, 0.5) is 0 Å². The third kappa shape index (κ3) is 6.85. The molecule has 11 nitrogen and oxygen atoms in total. The molecule has 1 aromatic rings. The van der Waals surface area contributed by atoms with E-state index in [9.17, 15) is 4.79 Å².